The molecule has 3 rings (SSSR count). The largest absolute Gasteiger partial charge is 0.478 e. The summed E-state index contributed by atoms with van der Waals surface area (Å²) in [5.74, 6) is -0.540. The van der Waals surface area contributed by atoms with E-state index >= 15 is 0 Å². The second kappa shape index (κ2) is 6.34. The van der Waals surface area contributed by atoms with Gasteiger partial charge in [-0.25, -0.2) is 14.3 Å². The molecule has 1 aliphatic rings. The van der Waals surface area contributed by atoms with Crippen LogP contribution in [0.25, 0.3) is 5.65 Å². The molecule has 1 saturated heterocycles. The summed E-state index contributed by atoms with van der Waals surface area (Å²) in [7, 11) is 0. The summed E-state index contributed by atoms with van der Waals surface area (Å²) in [5, 5.41) is 13.4. The number of fused-ring (bicyclic) bond motifs is 1. The average Bonchev–Trinajstić information content (AvgIpc) is 2.96. The highest BCUT2D eigenvalue weighted by Gasteiger charge is 2.29. The van der Waals surface area contributed by atoms with Gasteiger partial charge >= 0.3 is 11.9 Å². The number of carboxylic acid groups (broad SMARTS) is 1. The number of aromatic carboxylic acids is 1. The zero-order valence-electron chi connectivity index (χ0n) is 14.6. The van der Waals surface area contributed by atoms with Crippen LogP contribution in [0.4, 0.5) is 5.82 Å². The number of piperidine rings is 1. The van der Waals surface area contributed by atoms with Crippen LogP contribution in [-0.4, -0.2) is 50.3 Å². The molecule has 1 N–H and O–H groups in total. The van der Waals surface area contributed by atoms with E-state index in [1.807, 2.05) is 26.8 Å². The fourth-order valence-corrected chi connectivity index (χ4v) is 2.86. The monoisotopic (exact) mass is 346 g/mol. The van der Waals surface area contributed by atoms with Crippen molar-refractivity contribution in [3.05, 3.63) is 24.0 Å². The highest BCUT2D eigenvalue weighted by molar-refractivity contribution is 5.87. The van der Waals surface area contributed by atoms with Crippen molar-refractivity contribution in [3.63, 3.8) is 0 Å². The van der Waals surface area contributed by atoms with Gasteiger partial charge in [0.25, 0.3) is 0 Å². The number of ether oxygens (including phenoxy) is 1. The number of rotatable bonds is 3. The zero-order chi connectivity index (χ0) is 18.2. The summed E-state index contributed by atoms with van der Waals surface area (Å²) in [5.41, 5.74) is 0.212. The van der Waals surface area contributed by atoms with Crippen molar-refractivity contribution in [2.24, 2.45) is 5.92 Å². The average molecular weight is 346 g/mol. The van der Waals surface area contributed by atoms with Gasteiger partial charge in [0.1, 0.15) is 5.60 Å². The Morgan fingerprint density at radius 3 is 2.56 bits per heavy atom. The van der Waals surface area contributed by atoms with Crippen molar-refractivity contribution in [2.75, 3.05) is 18.0 Å². The SMILES string of the molecule is CC(C)(C)OC(=O)C1CCN(c2cc3ncc(C(=O)O)cn3n2)CC1. The van der Waals surface area contributed by atoms with Crippen LogP contribution in [0.1, 0.15) is 44.0 Å². The summed E-state index contributed by atoms with van der Waals surface area (Å²) >= 11 is 0. The quantitative estimate of drug-likeness (QED) is 0.849. The minimum atomic E-state index is -1.04. The van der Waals surface area contributed by atoms with Crippen molar-refractivity contribution in [3.8, 4) is 0 Å². The fraction of sp³-hybridized carbons (Fsp3) is 0.529. The first-order valence-corrected chi connectivity index (χ1v) is 8.29. The zero-order valence-corrected chi connectivity index (χ0v) is 14.6. The van der Waals surface area contributed by atoms with Gasteiger partial charge in [-0.3, -0.25) is 4.79 Å². The molecule has 0 unspecified atom stereocenters. The smallest absolute Gasteiger partial charge is 0.338 e. The summed E-state index contributed by atoms with van der Waals surface area (Å²) in [6, 6.07) is 1.82. The third-order valence-electron chi connectivity index (χ3n) is 4.11. The van der Waals surface area contributed by atoms with Crippen LogP contribution in [0.3, 0.4) is 0 Å². The lowest BCUT2D eigenvalue weighted by Crippen LogP contribution is -2.39. The molecule has 8 nitrogen and oxygen atoms in total. The van der Waals surface area contributed by atoms with Gasteiger partial charge in [0, 0.05) is 31.5 Å². The molecule has 0 spiro atoms. The predicted molar refractivity (Wildman–Crippen MR) is 90.7 cm³/mol. The van der Waals surface area contributed by atoms with Gasteiger partial charge < -0.3 is 14.7 Å². The normalized spacial score (nSPS) is 16.2. The lowest BCUT2D eigenvalue weighted by molar-refractivity contribution is -0.160. The highest BCUT2D eigenvalue weighted by atomic mass is 16.6. The van der Waals surface area contributed by atoms with E-state index in [4.69, 9.17) is 9.84 Å². The van der Waals surface area contributed by atoms with Crippen molar-refractivity contribution < 1.29 is 19.4 Å². The summed E-state index contributed by atoms with van der Waals surface area (Å²) in [6.07, 6.45) is 4.17. The lowest BCUT2D eigenvalue weighted by Gasteiger charge is -2.32. The first-order valence-electron chi connectivity index (χ1n) is 8.29. The van der Waals surface area contributed by atoms with Gasteiger partial charge in [-0.2, -0.15) is 0 Å². The Hall–Kier alpha value is -2.64. The van der Waals surface area contributed by atoms with E-state index in [-0.39, 0.29) is 17.5 Å². The number of aromatic nitrogens is 3. The topological polar surface area (TPSA) is 97.0 Å². The van der Waals surface area contributed by atoms with Gasteiger partial charge in [0.05, 0.1) is 11.5 Å². The predicted octanol–water partition coefficient (Wildman–Crippen LogP) is 1.99. The number of carboxylic acids is 1. The molecule has 8 heteroatoms. The van der Waals surface area contributed by atoms with E-state index in [2.05, 4.69) is 15.0 Å². The number of hydrogen-bond acceptors (Lipinski definition) is 6. The Labute approximate surface area is 145 Å². The van der Waals surface area contributed by atoms with Gasteiger partial charge in [-0.15, -0.1) is 5.10 Å². The van der Waals surface area contributed by atoms with Crippen molar-refractivity contribution in [2.45, 2.75) is 39.2 Å². The molecule has 1 fully saturated rings. The van der Waals surface area contributed by atoms with E-state index in [9.17, 15) is 9.59 Å². The summed E-state index contributed by atoms with van der Waals surface area (Å²) in [4.78, 5) is 29.4. The molecule has 2 aromatic rings. The molecule has 134 valence electrons. The van der Waals surface area contributed by atoms with E-state index in [1.165, 1.54) is 16.9 Å². The number of esters is 1. The number of anilines is 1. The Bertz CT molecular complexity index is 801. The van der Waals surface area contributed by atoms with Crippen LogP contribution in [0, 0.1) is 5.92 Å². The molecule has 0 atom stereocenters. The molecule has 0 bridgehead atoms. The van der Waals surface area contributed by atoms with Crippen molar-refractivity contribution in [1.82, 2.24) is 14.6 Å². The number of carbonyl (C=O) groups is 2. The minimum absolute atomic E-state index is 0.0887. The number of carbonyl (C=O) groups excluding carboxylic acids is 1. The third kappa shape index (κ3) is 3.89. The first kappa shape index (κ1) is 17.2. The van der Waals surface area contributed by atoms with E-state index in [0.29, 0.717) is 31.6 Å². The van der Waals surface area contributed by atoms with Crippen LogP contribution >= 0.6 is 0 Å². The lowest BCUT2D eigenvalue weighted by atomic mass is 9.96. The van der Waals surface area contributed by atoms with Crippen molar-refractivity contribution >= 4 is 23.4 Å². The molecule has 0 aromatic carbocycles. The summed E-state index contributed by atoms with van der Waals surface area (Å²) in [6.45, 7) is 7.00. The molecular formula is C17H22N4O4. The molecule has 3 heterocycles. The standard InChI is InChI=1S/C17H22N4O4/c1-17(2,3)25-16(24)11-4-6-20(7-5-11)14-8-13-18-9-12(15(22)23)10-21(13)19-14/h8-11H,4-7H2,1-3H3,(H,22,23). The highest BCUT2D eigenvalue weighted by Crippen LogP contribution is 2.25. The maximum Gasteiger partial charge on any atom is 0.338 e. The van der Waals surface area contributed by atoms with Crippen LogP contribution < -0.4 is 4.90 Å². The maximum atomic E-state index is 12.2. The van der Waals surface area contributed by atoms with Crippen LogP contribution in [0.5, 0.6) is 0 Å². The molecule has 1 aliphatic heterocycles. The molecule has 2 aromatic heterocycles. The molecular weight excluding hydrogens is 324 g/mol. The summed E-state index contributed by atoms with van der Waals surface area (Å²) < 4.78 is 6.93. The first-order chi connectivity index (χ1) is 11.7. The Morgan fingerprint density at radius 2 is 1.96 bits per heavy atom. The Morgan fingerprint density at radius 1 is 1.28 bits per heavy atom. The Kier molecular flexibility index (Phi) is 4.36. The number of hydrogen-bond donors (Lipinski definition) is 1. The second-order valence-corrected chi connectivity index (χ2v) is 7.25. The molecule has 0 saturated carbocycles. The van der Waals surface area contributed by atoms with Gasteiger partial charge in [0.15, 0.2) is 11.5 Å². The van der Waals surface area contributed by atoms with Gasteiger partial charge in [-0.05, 0) is 33.6 Å². The van der Waals surface area contributed by atoms with Gasteiger partial charge in [-0.1, -0.05) is 0 Å². The number of nitrogens with zero attached hydrogens (tertiary/aromatic N) is 4. The molecule has 0 radical (unpaired) electrons. The Balaban J connectivity index is 1.67. The van der Waals surface area contributed by atoms with Crippen LogP contribution in [0.15, 0.2) is 18.5 Å². The fourth-order valence-electron chi connectivity index (χ4n) is 2.86. The molecule has 0 aliphatic carbocycles. The second-order valence-electron chi connectivity index (χ2n) is 7.25. The third-order valence-corrected chi connectivity index (χ3v) is 4.11. The minimum Gasteiger partial charge on any atom is -0.478 e. The van der Waals surface area contributed by atoms with E-state index < -0.39 is 11.6 Å². The van der Waals surface area contributed by atoms with Gasteiger partial charge in [0.2, 0.25) is 0 Å². The van der Waals surface area contributed by atoms with Crippen LogP contribution in [0.2, 0.25) is 0 Å². The maximum absolute atomic E-state index is 12.2. The van der Waals surface area contributed by atoms with Crippen LogP contribution in [-0.2, 0) is 9.53 Å². The molecule has 25 heavy (non-hydrogen) atoms. The molecule has 0 amide bonds. The van der Waals surface area contributed by atoms with E-state index in [0.717, 1.165) is 5.82 Å². The van der Waals surface area contributed by atoms with Crippen molar-refractivity contribution in [1.29, 1.82) is 0 Å². The van der Waals surface area contributed by atoms with E-state index in [1.54, 1.807) is 0 Å².